The Morgan fingerprint density at radius 3 is 2.95 bits per heavy atom. The molecule has 0 aliphatic carbocycles. The molecule has 1 heterocycles. The first-order valence-corrected chi connectivity index (χ1v) is 5.95. The van der Waals surface area contributed by atoms with Crippen molar-refractivity contribution in [1.82, 2.24) is 20.2 Å². The Morgan fingerprint density at radius 1 is 1.53 bits per heavy atom. The zero-order chi connectivity index (χ0) is 13.8. The van der Waals surface area contributed by atoms with Crippen LogP contribution in [0.2, 0.25) is 0 Å². The van der Waals surface area contributed by atoms with Crippen LogP contribution >= 0.6 is 0 Å². The molecule has 7 nitrogen and oxygen atoms in total. The van der Waals surface area contributed by atoms with Crippen molar-refractivity contribution in [2.24, 2.45) is 18.7 Å². The van der Waals surface area contributed by atoms with Crippen molar-refractivity contribution in [2.45, 2.75) is 6.92 Å². The van der Waals surface area contributed by atoms with Crippen LogP contribution in [0.25, 0.3) is 11.4 Å². The first kappa shape index (κ1) is 13.2. The maximum absolute atomic E-state index is 11.8. The Kier molecular flexibility index (Phi) is 3.86. The fraction of sp³-hybridized carbons (Fsp3) is 0.333. The largest absolute Gasteiger partial charge is 0.330 e. The number of hydrogen-bond donors (Lipinski definition) is 2. The third-order valence-electron chi connectivity index (χ3n) is 2.81. The van der Waals surface area contributed by atoms with E-state index in [4.69, 9.17) is 5.73 Å². The number of nitrogens with one attached hydrogen (secondary N) is 1. The lowest BCUT2D eigenvalue weighted by Gasteiger charge is -2.10. The molecule has 3 N–H and O–H groups in total. The summed E-state index contributed by atoms with van der Waals surface area (Å²) in [6, 6.07) is 7.36. The summed E-state index contributed by atoms with van der Waals surface area (Å²) in [5, 5.41) is 14.1. The number of carbonyl (C=O) groups is 1. The van der Waals surface area contributed by atoms with Crippen LogP contribution in [0.3, 0.4) is 0 Å². The van der Waals surface area contributed by atoms with E-state index in [0.717, 1.165) is 5.56 Å². The Labute approximate surface area is 110 Å². The van der Waals surface area contributed by atoms with Crippen LogP contribution in [0, 0.1) is 5.92 Å². The predicted octanol–water partition coefficient (Wildman–Crippen LogP) is 0.410. The summed E-state index contributed by atoms with van der Waals surface area (Å²) in [5.74, 6) is 0.318. The monoisotopic (exact) mass is 260 g/mol. The van der Waals surface area contributed by atoms with E-state index in [2.05, 4.69) is 20.8 Å². The average Bonchev–Trinajstić information content (AvgIpc) is 2.84. The highest BCUT2D eigenvalue weighted by atomic mass is 16.1. The molecule has 0 bridgehead atoms. The van der Waals surface area contributed by atoms with Crippen LogP contribution in [0.4, 0.5) is 5.69 Å². The summed E-state index contributed by atoms with van der Waals surface area (Å²) < 4.78 is 1.57. The van der Waals surface area contributed by atoms with Gasteiger partial charge in [0.25, 0.3) is 0 Å². The molecule has 1 aromatic carbocycles. The Balaban J connectivity index is 2.21. The van der Waals surface area contributed by atoms with Gasteiger partial charge in [-0.3, -0.25) is 4.79 Å². The van der Waals surface area contributed by atoms with Gasteiger partial charge in [-0.1, -0.05) is 19.1 Å². The zero-order valence-corrected chi connectivity index (χ0v) is 10.9. The molecular formula is C12H16N6O. The first-order chi connectivity index (χ1) is 9.11. The van der Waals surface area contributed by atoms with E-state index in [-0.39, 0.29) is 11.8 Å². The van der Waals surface area contributed by atoms with Crippen LogP contribution < -0.4 is 11.1 Å². The molecule has 0 aliphatic rings. The fourth-order valence-corrected chi connectivity index (χ4v) is 1.58. The normalized spacial score (nSPS) is 12.2. The van der Waals surface area contributed by atoms with Gasteiger partial charge in [-0.15, -0.1) is 5.10 Å². The van der Waals surface area contributed by atoms with Crippen LogP contribution in [0.1, 0.15) is 6.92 Å². The van der Waals surface area contributed by atoms with Crippen molar-refractivity contribution < 1.29 is 4.79 Å². The summed E-state index contributed by atoms with van der Waals surface area (Å²) in [6.45, 7) is 2.10. The molecule has 0 spiro atoms. The molecule has 0 saturated carbocycles. The lowest BCUT2D eigenvalue weighted by atomic mass is 10.1. The lowest BCUT2D eigenvalue weighted by molar-refractivity contribution is -0.119. The van der Waals surface area contributed by atoms with Gasteiger partial charge in [0.15, 0.2) is 5.82 Å². The number of benzene rings is 1. The third kappa shape index (κ3) is 2.94. The van der Waals surface area contributed by atoms with E-state index in [9.17, 15) is 4.79 Å². The maximum Gasteiger partial charge on any atom is 0.228 e. The molecule has 0 unspecified atom stereocenters. The number of nitrogens with two attached hydrogens (primary N) is 1. The minimum atomic E-state index is -0.222. The molecule has 1 aromatic heterocycles. The highest BCUT2D eigenvalue weighted by Gasteiger charge is 2.12. The standard InChI is InChI=1S/C12H16N6O/c1-8(7-13)12(19)14-10-5-3-4-9(6-10)11-15-16-17-18(11)2/h3-6,8H,7,13H2,1-2H3,(H,14,19)/t8-/m1/s1. The summed E-state index contributed by atoms with van der Waals surface area (Å²) in [4.78, 5) is 11.8. The number of nitrogens with zero attached hydrogens (tertiary/aromatic N) is 4. The Hall–Kier alpha value is -2.28. The van der Waals surface area contributed by atoms with Crippen molar-refractivity contribution in [3.8, 4) is 11.4 Å². The van der Waals surface area contributed by atoms with E-state index in [1.54, 1.807) is 18.7 Å². The van der Waals surface area contributed by atoms with Crippen molar-refractivity contribution in [3.05, 3.63) is 24.3 Å². The number of hydrogen-bond acceptors (Lipinski definition) is 5. The van der Waals surface area contributed by atoms with Crippen molar-refractivity contribution in [1.29, 1.82) is 0 Å². The van der Waals surface area contributed by atoms with Gasteiger partial charge in [0.2, 0.25) is 5.91 Å². The Bertz CT molecular complexity index is 579. The summed E-state index contributed by atoms with van der Waals surface area (Å²) >= 11 is 0. The highest BCUT2D eigenvalue weighted by Crippen LogP contribution is 2.19. The van der Waals surface area contributed by atoms with Gasteiger partial charge >= 0.3 is 0 Å². The quantitative estimate of drug-likeness (QED) is 0.829. The molecular weight excluding hydrogens is 244 g/mol. The second-order valence-corrected chi connectivity index (χ2v) is 4.33. The van der Waals surface area contributed by atoms with Gasteiger partial charge < -0.3 is 11.1 Å². The number of aryl methyl sites for hydroxylation is 1. The van der Waals surface area contributed by atoms with Gasteiger partial charge in [-0.25, -0.2) is 4.68 Å². The second kappa shape index (κ2) is 5.57. The summed E-state index contributed by atoms with van der Waals surface area (Å²) in [7, 11) is 1.76. The van der Waals surface area contributed by atoms with E-state index < -0.39 is 0 Å². The number of rotatable bonds is 4. The van der Waals surface area contributed by atoms with Gasteiger partial charge in [-0.05, 0) is 22.6 Å². The highest BCUT2D eigenvalue weighted by molar-refractivity contribution is 5.93. The third-order valence-corrected chi connectivity index (χ3v) is 2.81. The summed E-state index contributed by atoms with van der Waals surface area (Å²) in [6.07, 6.45) is 0. The van der Waals surface area contributed by atoms with Gasteiger partial charge in [0, 0.05) is 30.8 Å². The number of amides is 1. The minimum Gasteiger partial charge on any atom is -0.330 e. The number of tetrazole rings is 1. The van der Waals surface area contributed by atoms with Crippen molar-refractivity contribution in [2.75, 3.05) is 11.9 Å². The summed E-state index contributed by atoms with van der Waals surface area (Å²) in [5.41, 5.74) is 7.00. The van der Waals surface area contributed by atoms with Crippen molar-refractivity contribution in [3.63, 3.8) is 0 Å². The number of anilines is 1. The molecule has 0 fully saturated rings. The molecule has 1 atom stereocenters. The second-order valence-electron chi connectivity index (χ2n) is 4.33. The molecule has 19 heavy (non-hydrogen) atoms. The topological polar surface area (TPSA) is 98.7 Å². The van der Waals surface area contributed by atoms with Crippen LogP contribution in [-0.4, -0.2) is 32.7 Å². The molecule has 100 valence electrons. The zero-order valence-electron chi connectivity index (χ0n) is 10.9. The Morgan fingerprint density at radius 2 is 2.32 bits per heavy atom. The van der Waals surface area contributed by atoms with E-state index >= 15 is 0 Å². The van der Waals surface area contributed by atoms with Crippen molar-refractivity contribution >= 4 is 11.6 Å². The van der Waals surface area contributed by atoms with E-state index in [0.29, 0.717) is 18.1 Å². The first-order valence-electron chi connectivity index (χ1n) is 5.95. The number of carbonyl (C=O) groups excluding carboxylic acids is 1. The van der Waals surface area contributed by atoms with E-state index in [1.165, 1.54) is 0 Å². The van der Waals surface area contributed by atoms with Crippen LogP contribution in [-0.2, 0) is 11.8 Å². The molecule has 0 saturated heterocycles. The van der Waals surface area contributed by atoms with Gasteiger partial charge in [0.05, 0.1) is 0 Å². The molecule has 0 radical (unpaired) electrons. The van der Waals surface area contributed by atoms with Crippen LogP contribution in [0.5, 0.6) is 0 Å². The fourth-order valence-electron chi connectivity index (χ4n) is 1.58. The van der Waals surface area contributed by atoms with Crippen LogP contribution in [0.15, 0.2) is 24.3 Å². The van der Waals surface area contributed by atoms with Gasteiger partial charge in [0.1, 0.15) is 0 Å². The average molecular weight is 260 g/mol. The predicted molar refractivity (Wildman–Crippen MR) is 71.1 cm³/mol. The minimum absolute atomic E-state index is 0.101. The smallest absolute Gasteiger partial charge is 0.228 e. The molecule has 1 amide bonds. The maximum atomic E-state index is 11.8. The number of aromatic nitrogens is 4. The molecule has 2 aromatic rings. The molecule has 0 aliphatic heterocycles. The lowest BCUT2D eigenvalue weighted by Crippen LogP contribution is -2.26. The SMILES string of the molecule is C[C@H](CN)C(=O)Nc1cccc(-c2nnnn2C)c1. The molecule has 7 heteroatoms. The van der Waals surface area contributed by atoms with Gasteiger partial charge in [-0.2, -0.15) is 0 Å². The van der Waals surface area contributed by atoms with E-state index in [1.807, 2.05) is 24.3 Å². The molecule has 2 rings (SSSR count).